The zero-order chi connectivity index (χ0) is 62.9. The van der Waals surface area contributed by atoms with Gasteiger partial charge in [0.25, 0.3) is 11.8 Å². The summed E-state index contributed by atoms with van der Waals surface area (Å²) in [5.74, 6) is -5.88. The summed E-state index contributed by atoms with van der Waals surface area (Å²) in [6.45, 7) is 13.0. The minimum absolute atomic E-state index is 0.0108. The van der Waals surface area contributed by atoms with Crippen LogP contribution in [0.25, 0.3) is 10.8 Å². The summed E-state index contributed by atoms with van der Waals surface area (Å²) in [7, 11) is 4.47. The SMILES string of the molecule is CCCC[C@H]1C(=O)N[C@@H](Cc2ccc3ccccc3c2)C(=O)N(C)[C@@H](COC(C)(C)C)C(=O)NCC(=O)N(C)CCC=CC(=O)OCC(C)(C)C(=O)C(=O)N2CCCC[C@H]2C(=O)O[C@H](CCc2ccc(C)c(C)c2)c2cccc(c2)OCC(=O)N1C. The first-order valence-electron chi connectivity index (χ1n) is 29.9. The first-order chi connectivity index (χ1) is 40.8. The van der Waals surface area contributed by atoms with Crippen molar-refractivity contribution in [1.82, 2.24) is 30.2 Å². The van der Waals surface area contributed by atoms with Gasteiger partial charge >= 0.3 is 11.9 Å². The topological polar surface area (TPSA) is 228 Å². The average Bonchev–Trinajstić information content (AvgIpc) is 3.60. The van der Waals surface area contributed by atoms with Gasteiger partial charge in [0.2, 0.25) is 29.4 Å². The number of amides is 6. The number of hydrogen-bond donors (Lipinski definition) is 2. The Balaban J connectivity index is 1.34. The van der Waals surface area contributed by atoms with Crippen molar-refractivity contribution in [3.8, 4) is 5.75 Å². The van der Waals surface area contributed by atoms with Crippen LogP contribution in [0.4, 0.5) is 0 Å². The third kappa shape index (κ3) is 19.0. The number of likely N-dealkylation sites (N-methyl/N-ethyl adjacent to an activating group) is 3. The smallest absolute Gasteiger partial charge is 0.330 e. The Labute approximate surface area is 506 Å². The van der Waals surface area contributed by atoms with E-state index >= 15 is 4.79 Å². The second kappa shape index (κ2) is 30.9. The van der Waals surface area contributed by atoms with Crippen LogP contribution in [-0.4, -0.2) is 163 Å². The van der Waals surface area contributed by atoms with Crippen LogP contribution in [0, 0.1) is 19.3 Å². The van der Waals surface area contributed by atoms with Crippen molar-refractivity contribution in [3.63, 3.8) is 0 Å². The highest BCUT2D eigenvalue weighted by molar-refractivity contribution is 6.38. The van der Waals surface area contributed by atoms with Gasteiger partial charge in [0, 0.05) is 46.7 Å². The molecule has 2 heterocycles. The highest BCUT2D eigenvalue weighted by atomic mass is 16.5. The van der Waals surface area contributed by atoms with Crippen LogP contribution in [-0.2, 0) is 70.2 Å². The molecule has 0 aromatic heterocycles. The maximum Gasteiger partial charge on any atom is 0.330 e. The number of ether oxygens (including phenoxy) is 4. The molecule has 464 valence electrons. The van der Waals surface area contributed by atoms with E-state index in [2.05, 4.69) is 16.7 Å². The minimum Gasteiger partial charge on any atom is -0.484 e. The van der Waals surface area contributed by atoms with Crippen LogP contribution in [0.2, 0.25) is 0 Å². The Morgan fingerprint density at radius 1 is 0.733 bits per heavy atom. The van der Waals surface area contributed by atoms with Gasteiger partial charge in [-0.1, -0.05) is 98.6 Å². The standard InChI is InChI=1S/C67H88N6O13/c1-12-13-25-53-62(79)69-52(38-47-30-32-48-21-14-15-22-49(48)37-47)63(80)72(11)55(41-85-66(4,5)6)61(78)68-40-57(74)70(9)34-18-17-27-59(76)84-43-67(7,8)60(77)64(81)73-35-19-16-26-54(73)65(82)86-56(33-31-46-29-28-44(2)45(3)36-46)50-23-20-24-51(39-50)83-42-58(75)71(53)10/h14-15,17,20-24,27-30,32,36-37,39,52-56H,12-13,16,18-19,25-26,31,33-35,38,40-43H2,1-11H3,(H,68,78)(H,69,79)/t52-,53-,54-,55-,56+/m0/s1. The molecule has 19 heteroatoms. The Morgan fingerprint density at radius 2 is 1.47 bits per heavy atom. The minimum atomic E-state index is -1.48. The maximum atomic E-state index is 15.0. The summed E-state index contributed by atoms with van der Waals surface area (Å²) in [4.78, 5) is 133. The van der Waals surface area contributed by atoms with E-state index in [9.17, 15) is 38.4 Å². The molecular formula is C67H88N6O13. The largest absolute Gasteiger partial charge is 0.484 e. The average molecular weight is 1190 g/mol. The fourth-order valence-electron chi connectivity index (χ4n) is 10.2. The predicted molar refractivity (Wildman–Crippen MR) is 326 cm³/mol. The number of nitrogens with one attached hydrogen (secondary N) is 2. The first kappa shape index (κ1) is 67.2. The van der Waals surface area contributed by atoms with Gasteiger partial charge in [-0.2, -0.15) is 0 Å². The summed E-state index contributed by atoms with van der Waals surface area (Å²) < 4.78 is 24.1. The number of unbranched alkanes of at least 4 members (excludes halogenated alkanes) is 1. The molecular weight excluding hydrogens is 1100 g/mol. The van der Waals surface area contributed by atoms with E-state index in [1.54, 1.807) is 45.0 Å². The van der Waals surface area contributed by atoms with Gasteiger partial charge in [-0.15, -0.1) is 0 Å². The van der Waals surface area contributed by atoms with E-state index in [0.29, 0.717) is 44.1 Å². The number of fused-ring (bicyclic) bond motifs is 4. The van der Waals surface area contributed by atoms with E-state index < -0.39 is 114 Å². The monoisotopic (exact) mass is 1180 g/mol. The van der Waals surface area contributed by atoms with Crippen molar-refractivity contribution in [2.75, 3.05) is 60.6 Å². The zero-order valence-electron chi connectivity index (χ0n) is 52.0. The molecule has 2 aliphatic heterocycles. The number of rotatable bonds is 10. The van der Waals surface area contributed by atoms with Gasteiger partial charge in [0.1, 0.15) is 42.6 Å². The number of hydrogen-bond acceptors (Lipinski definition) is 13. The fourth-order valence-corrected chi connectivity index (χ4v) is 10.2. The highest BCUT2D eigenvalue weighted by Crippen LogP contribution is 2.31. The molecule has 0 radical (unpaired) electrons. The van der Waals surface area contributed by atoms with Gasteiger partial charge in [-0.05, 0) is 144 Å². The first-order valence-corrected chi connectivity index (χ1v) is 29.9. The molecule has 1 fully saturated rings. The Bertz CT molecular complexity index is 3110. The lowest BCUT2D eigenvalue weighted by molar-refractivity contribution is -0.165. The Morgan fingerprint density at radius 3 is 2.19 bits per heavy atom. The lowest BCUT2D eigenvalue weighted by Crippen LogP contribution is -2.59. The van der Waals surface area contributed by atoms with E-state index in [0.717, 1.165) is 39.1 Å². The number of aryl methyl sites for hydroxylation is 3. The van der Waals surface area contributed by atoms with Crippen LogP contribution in [0.15, 0.2) is 97.1 Å². The molecule has 4 aromatic rings. The normalized spacial score (nSPS) is 21.9. The summed E-state index contributed by atoms with van der Waals surface area (Å²) >= 11 is 0. The summed E-state index contributed by atoms with van der Waals surface area (Å²) in [6, 6.07) is 21.8. The molecule has 0 aliphatic carbocycles. The van der Waals surface area contributed by atoms with Crippen molar-refractivity contribution >= 4 is 63.9 Å². The highest BCUT2D eigenvalue weighted by Gasteiger charge is 2.43. The van der Waals surface area contributed by atoms with E-state index in [1.165, 1.54) is 60.7 Å². The zero-order valence-corrected chi connectivity index (χ0v) is 52.0. The number of Topliss-reactive ketones (excluding diaryl/α,β-unsaturated/α-hetero) is 1. The summed E-state index contributed by atoms with van der Waals surface area (Å²) in [6.07, 6.45) is 5.72. The maximum absolute atomic E-state index is 15.0. The van der Waals surface area contributed by atoms with Crippen molar-refractivity contribution in [2.45, 2.75) is 155 Å². The molecule has 2 bridgehead atoms. The summed E-state index contributed by atoms with van der Waals surface area (Å²) in [5, 5.41) is 7.53. The number of benzene rings is 4. The second-order valence-electron chi connectivity index (χ2n) is 24.3. The van der Waals surface area contributed by atoms with Crippen molar-refractivity contribution in [1.29, 1.82) is 0 Å². The molecule has 2 N–H and O–H groups in total. The van der Waals surface area contributed by atoms with Crippen molar-refractivity contribution in [2.24, 2.45) is 5.41 Å². The Hall–Kier alpha value is -7.93. The lowest BCUT2D eigenvalue weighted by Gasteiger charge is -2.36. The molecule has 4 aromatic carbocycles. The predicted octanol–water partition coefficient (Wildman–Crippen LogP) is 7.49. The van der Waals surface area contributed by atoms with Crippen LogP contribution in [0.1, 0.15) is 127 Å². The van der Waals surface area contributed by atoms with E-state index in [-0.39, 0.29) is 51.1 Å². The lowest BCUT2D eigenvalue weighted by atomic mass is 9.87. The molecule has 0 spiro atoms. The van der Waals surface area contributed by atoms with Gasteiger partial charge in [0.05, 0.1) is 24.2 Å². The number of piperidine rings is 1. The number of carbonyl (C=O) groups is 9. The fraction of sp³-hybridized carbons (Fsp3) is 0.507. The van der Waals surface area contributed by atoms with Crippen LogP contribution < -0.4 is 15.4 Å². The van der Waals surface area contributed by atoms with Crippen LogP contribution in [0.5, 0.6) is 5.75 Å². The molecule has 6 amide bonds. The second-order valence-corrected chi connectivity index (χ2v) is 24.3. The molecule has 5 atom stereocenters. The molecule has 86 heavy (non-hydrogen) atoms. The number of cyclic esters (lactones) is 2. The van der Waals surface area contributed by atoms with Crippen LogP contribution in [0.3, 0.4) is 0 Å². The quantitative estimate of drug-likeness (QED) is 0.116. The molecule has 0 saturated carbocycles. The molecule has 0 unspecified atom stereocenters. The number of ketones is 1. The number of carbonyl (C=O) groups excluding carboxylic acids is 9. The molecule has 6 rings (SSSR count). The van der Waals surface area contributed by atoms with E-state index in [4.69, 9.17) is 18.9 Å². The third-order valence-corrected chi connectivity index (χ3v) is 15.9. The summed E-state index contributed by atoms with van der Waals surface area (Å²) in [5.41, 5.74) is 2.28. The van der Waals surface area contributed by atoms with Gasteiger partial charge < -0.3 is 49.2 Å². The molecule has 1 saturated heterocycles. The molecule has 19 nitrogen and oxygen atoms in total. The van der Waals surface area contributed by atoms with E-state index in [1.807, 2.05) is 75.4 Å². The Kier molecular flexibility index (Phi) is 24.2. The van der Waals surface area contributed by atoms with Crippen LogP contribution >= 0.6 is 0 Å². The third-order valence-electron chi connectivity index (χ3n) is 15.9. The van der Waals surface area contributed by atoms with Crippen molar-refractivity contribution < 1.29 is 62.1 Å². The number of nitrogens with zero attached hydrogens (tertiary/aromatic N) is 4. The van der Waals surface area contributed by atoms with Crippen molar-refractivity contribution in [3.05, 3.63) is 125 Å². The molecule has 2 aliphatic rings. The van der Waals surface area contributed by atoms with Gasteiger partial charge in [-0.25, -0.2) is 9.59 Å². The van der Waals surface area contributed by atoms with Gasteiger partial charge in [0.15, 0.2) is 6.61 Å². The van der Waals surface area contributed by atoms with Gasteiger partial charge in [-0.3, -0.25) is 33.6 Å². The number of esters is 2.